The van der Waals surface area contributed by atoms with Crippen LogP contribution in [-0.4, -0.2) is 26.8 Å². The molecule has 3 rings (SSSR count). The van der Waals surface area contributed by atoms with Gasteiger partial charge in [-0.2, -0.15) is 0 Å². The highest BCUT2D eigenvalue weighted by atomic mass is 127. The first-order chi connectivity index (χ1) is 14.6. The van der Waals surface area contributed by atoms with Crippen LogP contribution in [0.15, 0.2) is 53.5 Å². The largest absolute Gasteiger partial charge is 0.508 e. The van der Waals surface area contributed by atoms with Crippen LogP contribution in [0.4, 0.5) is 0 Å². The second-order valence-corrected chi connectivity index (χ2v) is 9.42. The number of carboxylic acids is 1. The number of carbonyl (C=O) groups is 1. The molecule has 1 heterocycles. The Hall–Kier alpha value is -2.12. The van der Waals surface area contributed by atoms with E-state index in [1.165, 1.54) is 10.6 Å². The van der Waals surface area contributed by atoms with Crippen LogP contribution in [-0.2, 0) is 24.7 Å². The number of hydrogen-bond donors (Lipinski definition) is 3. The van der Waals surface area contributed by atoms with E-state index in [4.69, 9.17) is 15.6 Å². The SMILES string of the molecule is Cn1cc(Cc2cc(Oc3c(I)cc(C[C@@H](N)C(=O)O)cc3I)ccc2O)ccc1=O. The summed E-state index contributed by atoms with van der Waals surface area (Å²) in [5, 5.41) is 19.3. The van der Waals surface area contributed by atoms with Crippen molar-refractivity contribution in [2.24, 2.45) is 12.8 Å². The molecule has 0 spiro atoms. The standard InChI is InChI=1S/C22H20I2N2O5/c1-26-11-12(2-5-20(26)28)6-14-10-15(3-4-19(14)27)31-21-16(23)7-13(8-17(21)24)9-18(25)22(29)30/h2-5,7-8,10-11,18,27H,6,9,25H2,1H3,(H,29,30)/t18-/m1/s1. The number of halogens is 2. The first-order valence-corrected chi connectivity index (χ1v) is 11.4. The van der Waals surface area contributed by atoms with E-state index in [1.807, 2.05) is 12.1 Å². The lowest BCUT2D eigenvalue weighted by molar-refractivity contribution is -0.138. The fourth-order valence-corrected chi connectivity index (χ4v) is 5.15. The molecule has 7 nitrogen and oxygen atoms in total. The minimum atomic E-state index is -1.04. The predicted octanol–water partition coefficient (Wildman–Crippen LogP) is 3.64. The highest BCUT2D eigenvalue weighted by Gasteiger charge is 2.16. The summed E-state index contributed by atoms with van der Waals surface area (Å²) < 4.78 is 9.24. The van der Waals surface area contributed by atoms with E-state index in [9.17, 15) is 14.7 Å². The van der Waals surface area contributed by atoms with E-state index in [-0.39, 0.29) is 17.7 Å². The van der Waals surface area contributed by atoms with Crippen molar-refractivity contribution in [1.29, 1.82) is 0 Å². The molecule has 9 heteroatoms. The number of nitrogens with zero attached hydrogens (tertiary/aromatic N) is 1. The first kappa shape index (κ1) is 23.5. The lowest BCUT2D eigenvalue weighted by atomic mass is 10.1. The molecule has 0 unspecified atom stereocenters. The molecular formula is C22H20I2N2O5. The summed E-state index contributed by atoms with van der Waals surface area (Å²) in [7, 11) is 1.68. The highest BCUT2D eigenvalue weighted by molar-refractivity contribution is 14.1. The maximum Gasteiger partial charge on any atom is 0.320 e. The number of rotatable bonds is 7. The third kappa shape index (κ3) is 5.98. The fraction of sp³-hybridized carbons (Fsp3) is 0.182. The van der Waals surface area contributed by atoms with Gasteiger partial charge in [-0.15, -0.1) is 0 Å². The minimum Gasteiger partial charge on any atom is -0.508 e. The molecule has 2 aromatic carbocycles. The van der Waals surface area contributed by atoms with Crippen LogP contribution in [0.25, 0.3) is 0 Å². The minimum absolute atomic E-state index is 0.0954. The van der Waals surface area contributed by atoms with Crippen LogP contribution in [0, 0.1) is 7.14 Å². The quantitative estimate of drug-likeness (QED) is 0.338. The molecule has 0 bridgehead atoms. The summed E-state index contributed by atoms with van der Waals surface area (Å²) in [6.45, 7) is 0. The first-order valence-electron chi connectivity index (χ1n) is 9.25. The Balaban J connectivity index is 1.84. The second-order valence-electron chi connectivity index (χ2n) is 7.09. The summed E-state index contributed by atoms with van der Waals surface area (Å²) in [5.41, 5.74) is 7.92. The van der Waals surface area contributed by atoms with Crippen LogP contribution in [0.5, 0.6) is 17.2 Å². The molecule has 3 aromatic rings. The summed E-state index contributed by atoms with van der Waals surface area (Å²) in [4.78, 5) is 22.6. The van der Waals surface area contributed by atoms with E-state index in [0.29, 0.717) is 23.5 Å². The molecule has 4 N–H and O–H groups in total. The molecule has 0 saturated carbocycles. The topological polar surface area (TPSA) is 115 Å². The van der Waals surface area contributed by atoms with Crippen molar-refractivity contribution in [2.45, 2.75) is 18.9 Å². The number of aromatic hydroxyl groups is 1. The van der Waals surface area contributed by atoms with Gasteiger partial charge in [0.1, 0.15) is 17.5 Å². The Morgan fingerprint density at radius 1 is 1.13 bits per heavy atom. The Labute approximate surface area is 206 Å². The number of phenols is 1. The molecular weight excluding hydrogens is 626 g/mol. The summed E-state index contributed by atoms with van der Waals surface area (Å²) >= 11 is 4.29. The van der Waals surface area contributed by atoms with Gasteiger partial charge >= 0.3 is 5.97 Å². The monoisotopic (exact) mass is 646 g/mol. The number of phenolic OH excluding ortho intramolecular Hbond substituents is 1. The molecule has 0 aliphatic heterocycles. The fourth-order valence-electron chi connectivity index (χ4n) is 3.03. The van der Waals surface area contributed by atoms with Crippen LogP contribution < -0.4 is 16.0 Å². The molecule has 0 saturated heterocycles. The normalized spacial score (nSPS) is 11.9. The molecule has 0 radical (unpaired) electrons. The predicted molar refractivity (Wildman–Crippen MR) is 134 cm³/mol. The number of carboxylic acid groups (broad SMARTS) is 1. The average Bonchev–Trinajstić information content (AvgIpc) is 2.70. The molecule has 162 valence electrons. The number of nitrogens with two attached hydrogens (primary N) is 1. The molecule has 31 heavy (non-hydrogen) atoms. The third-order valence-electron chi connectivity index (χ3n) is 4.64. The van der Waals surface area contributed by atoms with Gasteiger partial charge in [-0.25, -0.2) is 0 Å². The molecule has 0 aliphatic rings. The van der Waals surface area contributed by atoms with Crippen molar-refractivity contribution >= 4 is 51.2 Å². The molecule has 0 amide bonds. The zero-order valence-electron chi connectivity index (χ0n) is 16.5. The third-order valence-corrected chi connectivity index (χ3v) is 6.25. The number of ether oxygens (including phenoxy) is 1. The van der Waals surface area contributed by atoms with Gasteiger partial charge in [-0.3, -0.25) is 9.59 Å². The van der Waals surface area contributed by atoms with Gasteiger partial charge in [0.2, 0.25) is 5.56 Å². The maximum atomic E-state index is 11.6. The molecule has 0 fully saturated rings. The van der Waals surface area contributed by atoms with Gasteiger partial charge in [0, 0.05) is 31.3 Å². The van der Waals surface area contributed by atoms with Crippen molar-refractivity contribution in [1.82, 2.24) is 4.57 Å². The van der Waals surface area contributed by atoms with Crippen LogP contribution in [0.1, 0.15) is 16.7 Å². The zero-order valence-corrected chi connectivity index (χ0v) is 20.8. The van der Waals surface area contributed by atoms with Gasteiger partial charge in [0.25, 0.3) is 0 Å². The van der Waals surface area contributed by atoms with E-state index in [1.54, 1.807) is 37.5 Å². The van der Waals surface area contributed by atoms with Crippen LogP contribution in [0.3, 0.4) is 0 Å². The van der Waals surface area contributed by atoms with Gasteiger partial charge < -0.3 is 25.3 Å². The number of pyridine rings is 1. The number of hydrogen-bond acceptors (Lipinski definition) is 5. The highest BCUT2D eigenvalue weighted by Crippen LogP contribution is 2.35. The zero-order chi connectivity index (χ0) is 22.7. The number of benzene rings is 2. The van der Waals surface area contributed by atoms with E-state index < -0.39 is 12.0 Å². The van der Waals surface area contributed by atoms with E-state index in [2.05, 4.69) is 45.2 Å². The van der Waals surface area contributed by atoms with E-state index >= 15 is 0 Å². The van der Waals surface area contributed by atoms with Crippen molar-refractivity contribution in [3.63, 3.8) is 0 Å². The number of aryl methyl sites for hydroxylation is 1. The van der Waals surface area contributed by atoms with Crippen molar-refractivity contribution in [3.05, 3.63) is 82.8 Å². The lowest BCUT2D eigenvalue weighted by Gasteiger charge is -2.14. The molecule has 1 atom stereocenters. The number of aliphatic carboxylic acids is 1. The van der Waals surface area contributed by atoms with Gasteiger partial charge in [-0.1, -0.05) is 6.07 Å². The van der Waals surface area contributed by atoms with Crippen molar-refractivity contribution < 1.29 is 19.7 Å². The van der Waals surface area contributed by atoms with Crippen molar-refractivity contribution in [2.75, 3.05) is 0 Å². The van der Waals surface area contributed by atoms with E-state index in [0.717, 1.165) is 18.3 Å². The van der Waals surface area contributed by atoms with Crippen LogP contribution >= 0.6 is 45.2 Å². The summed E-state index contributed by atoms with van der Waals surface area (Å²) in [6, 6.07) is 11.0. The second kappa shape index (κ2) is 10.0. The van der Waals surface area contributed by atoms with Gasteiger partial charge in [-0.05, 0) is 93.1 Å². The lowest BCUT2D eigenvalue weighted by Crippen LogP contribution is -2.32. The summed E-state index contributed by atoms with van der Waals surface area (Å²) in [6.07, 6.45) is 2.41. The average molecular weight is 646 g/mol. The Kier molecular flexibility index (Phi) is 7.59. The maximum absolute atomic E-state index is 11.6. The molecule has 1 aromatic heterocycles. The Morgan fingerprint density at radius 3 is 2.42 bits per heavy atom. The molecule has 0 aliphatic carbocycles. The Bertz CT molecular complexity index is 1170. The number of aromatic nitrogens is 1. The van der Waals surface area contributed by atoms with Gasteiger partial charge in [0.05, 0.1) is 7.14 Å². The smallest absolute Gasteiger partial charge is 0.320 e. The Morgan fingerprint density at radius 2 is 1.81 bits per heavy atom. The van der Waals surface area contributed by atoms with Gasteiger partial charge in [0.15, 0.2) is 5.75 Å². The summed E-state index contributed by atoms with van der Waals surface area (Å²) in [5.74, 6) is 0.306. The van der Waals surface area contributed by atoms with Crippen molar-refractivity contribution in [3.8, 4) is 17.2 Å². The van der Waals surface area contributed by atoms with Crippen LogP contribution in [0.2, 0.25) is 0 Å².